The second-order valence-electron chi connectivity index (χ2n) is 9.43. The van der Waals surface area contributed by atoms with E-state index in [4.69, 9.17) is 4.74 Å². The molecular weight excluding hydrogens is 408 g/mol. The van der Waals surface area contributed by atoms with Crippen molar-refractivity contribution >= 4 is 17.8 Å². The fourth-order valence-corrected chi connectivity index (χ4v) is 5.73. The summed E-state index contributed by atoms with van der Waals surface area (Å²) in [6.45, 7) is 4.07. The molecule has 0 bridgehead atoms. The van der Waals surface area contributed by atoms with Crippen LogP contribution in [0.4, 0.5) is 4.79 Å². The van der Waals surface area contributed by atoms with Crippen molar-refractivity contribution in [1.82, 2.24) is 20.0 Å². The number of fused-ring (bicyclic) bond motifs is 2. The normalized spacial score (nSPS) is 29.1. The van der Waals surface area contributed by atoms with Gasteiger partial charge in [-0.15, -0.1) is 0 Å². The van der Waals surface area contributed by atoms with Gasteiger partial charge in [0.05, 0.1) is 25.8 Å². The number of urea groups is 1. The van der Waals surface area contributed by atoms with Crippen LogP contribution in [0.2, 0.25) is 0 Å². The summed E-state index contributed by atoms with van der Waals surface area (Å²) in [6.07, 6.45) is 5.21. The van der Waals surface area contributed by atoms with E-state index in [1.54, 1.807) is 0 Å². The molecule has 2 atom stereocenters. The summed E-state index contributed by atoms with van der Waals surface area (Å²) in [5, 5.41) is 3.06. The van der Waals surface area contributed by atoms with Crippen LogP contribution in [0, 0.1) is 5.92 Å². The maximum absolute atomic E-state index is 13.7. The monoisotopic (exact) mass is 440 g/mol. The summed E-state index contributed by atoms with van der Waals surface area (Å²) in [5.41, 5.74) is 1.13. The lowest BCUT2D eigenvalue weighted by Gasteiger charge is -2.37. The van der Waals surface area contributed by atoms with Crippen LogP contribution >= 0.6 is 0 Å². The van der Waals surface area contributed by atoms with E-state index >= 15 is 0 Å². The van der Waals surface area contributed by atoms with Gasteiger partial charge in [-0.1, -0.05) is 24.3 Å². The summed E-state index contributed by atoms with van der Waals surface area (Å²) in [6, 6.07) is 7.67. The number of morpholine rings is 1. The average molecular weight is 441 g/mol. The second kappa shape index (κ2) is 8.83. The minimum atomic E-state index is -0.955. The van der Waals surface area contributed by atoms with Crippen LogP contribution in [0.1, 0.15) is 43.2 Å². The first-order valence-corrected chi connectivity index (χ1v) is 11.9. The Labute approximate surface area is 188 Å². The average Bonchev–Trinajstić information content (AvgIpc) is 2.97. The van der Waals surface area contributed by atoms with Gasteiger partial charge in [0.15, 0.2) is 0 Å². The summed E-state index contributed by atoms with van der Waals surface area (Å²) >= 11 is 0. The van der Waals surface area contributed by atoms with Crippen molar-refractivity contribution in [3.8, 4) is 0 Å². The molecule has 1 aromatic rings. The molecule has 1 N–H and O–H groups in total. The summed E-state index contributed by atoms with van der Waals surface area (Å²) in [5.74, 6) is -0.0713. The van der Waals surface area contributed by atoms with Gasteiger partial charge < -0.3 is 15.0 Å². The minimum absolute atomic E-state index is 0.0878. The van der Waals surface area contributed by atoms with Crippen molar-refractivity contribution in [3.05, 3.63) is 35.4 Å². The van der Waals surface area contributed by atoms with Gasteiger partial charge in [0.1, 0.15) is 5.54 Å². The van der Waals surface area contributed by atoms with Crippen molar-refractivity contribution in [2.24, 2.45) is 5.92 Å². The highest BCUT2D eigenvalue weighted by Crippen LogP contribution is 2.39. The fourth-order valence-electron chi connectivity index (χ4n) is 5.73. The molecule has 3 saturated heterocycles. The fraction of sp³-hybridized carbons (Fsp3) is 0.625. The maximum Gasteiger partial charge on any atom is 0.326 e. The van der Waals surface area contributed by atoms with Gasteiger partial charge in [0, 0.05) is 19.6 Å². The number of likely N-dealkylation sites (tertiary alicyclic amines) is 1. The maximum atomic E-state index is 13.7. The zero-order chi connectivity index (χ0) is 22.1. The Kier molecular flexibility index (Phi) is 5.90. The Morgan fingerprint density at radius 3 is 2.75 bits per heavy atom. The van der Waals surface area contributed by atoms with E-state index in [0.29, 0.717) is 39.3 Å². The van der Waals surface area contributed by atoms with Crippen LogP contribution in [0.25, 0.3) is 0 Å². The van der Waals surface area contributed by atoms with E-state index < -0.39 is 5.54 Å². The molecule has 4 amide bonds. The first-order valence-electron chi connectivity index (χ1n) is 11.9. The lowest BCUT2D eigenvalue weighted by atomic mass is 9.84. The van der Waals surface area contributed by atoms with Crippen LogP contribution in [0.5, 0.6) is 0 Å². The lowest BCUT2D eigenvalue weighted by molar-refractivity contribution is -0.142. The van der Waals surface area contributed by atoms with E-state index in [1.165, 1.54) is 4.90 Å². The number of ether oxygens (including phenoxy) is 1. The molecule has 5 rings (SSSR count). The van der Waals surface area contributed by atoms with Crippen molar-refractivity contribution in [1.29, 1.82) is 0 Å². The summed E-state index contributed by atoms with van der Waals surface area (Å²) in [4.78, 5) is 45.0. The van der Waals surface area contributed by atoms with Crippen LogP contribution < -0.4 is 5.32 Å². The highest BCUT2D eigenvalue weighted by atomic mass is 16.5. The zero-order valence-electron chi connectivity index (χ0n) is 18.6. The standard InChI is InChI=1S/C24H32N4O4/c29-21(27-12-14-32-15-13-27)19-8-5-11-26(16-19)17-28-22(30)24(25-23(28)31)10-4-3-7-18-6-1-2-9-20(18)24/h1-2,6,9,19H,3-5,7-8,10-17H2,(H,25,31). The molecule has 1 spiro atoms. The van der Waals surface area contributed by atoms with E-state index in [9.17, 15) is 14.4 Å². The molecule has 8 nitrogen and oxygen atoms in total. The summed E-state index contributed by atoms with van der Waals surface area (Å²) in [7, 11) is 0. The molecule has 172 valence electrons. The summed E-state index contributed by atoms with van der Waals surface area (Å²) < 4.78 is 5.37. The third-order valence-corrected chi connectivity index (χ3v) is 7.42. The van der Waals surface area contributed by atoms with Crippen molar-refractivity contribution in [2.75, 3.05) is 46.1 Å². The Morgan fingerprint density at radius 2 is 1.91 bits per heavy atom. The highest BCUT2D eigenvalue weighted by molar-refractivity contribution is 6.07. The second-order valence-corrected chi connectivity index (χ2v) is 9.43. The first-order chi connectivity index (χ1) is 15.6. The smallest absolute Gasteiger partial charge is 0.326 e. The number of aryl methyl sites for hydroxylation is 1. The number of rotatable bonds is 3. The van der Waals surface area contributed by atoms with Crippen LogP contribution in [0.3, 0.4) is 0 Å². The first kappa shape index (κ1) is 21.4. The van der Waals surface area contributed by atoms with E-state index in [1.807, 2.05) is 23.1 Å². The van der Waals surface area contributed by atoms with Gasteiger partial charge in [0.25, 0.3) is 5.91 Å². The number of hydrogen-bond donors (Lipinski definition) is 1. The van der Waals surface area contributed by atoms with E-state index in [2.05, 4.69) is 16.3 Å². The molecule has 1 aliphatic carbocycles. The number of nitrogens with zero attached hydrogens (tertiary/aromatic N) is 3. The SMILES string of the molecule is O=C(C1CCCN(CN2C(=O)NC3(CCCCc4ccccc43)C2=O)C1)N1CCOCC1. The number of hydrogen-bond acceptors (Lipinski definition) is 5. The van der Waals surface area contributed by atoms with Crippen LogP contribution in [-0.2, 0) is 26.3 Å². The van der Waals surface area contributed by atoms with Gasteiger partial charge in [-0.2, -0.15) is 0 Å². The van der Waals surface area contributed by atoms with Crippen molar-refractivity contribution in [2.45, 2.75) is 44.1 Å². The molecule has 0 saturated carbocycles. The zero-order valence-corrected chi connectivity index (χ0v) is 18.6. The molecule has 4 aliphatic rings. The molecule has 3 fully saturated rings. The molecule has 3 heterocycles. The largest absolute Gasteiger partial charge is 0.378 e. The van der Waals surface area contributed by atoms with Gasteiger partial charge >= 0.3 is 6.03 Å². The Hall–Kier alpha value is -2.45. The minimum Gasteiger partial charge on any atom is -0.378 e. The molecule has 2 unspecified atom stereocenters. The topological polar surface area (TPSA) is 82.2 Å². The molecule has 3 aliphatic heterocycles. The van der Waals surface area contributed by atoms with E-state index in [0.717, 1.165) is 49.8 Å². The molecule has 8 heteroatoms. The molecule has 0 aromatic heterocycles. The Morgan fingerprint density at radius 1 is 1.09 bits per heavy atom. The predicted octanol–water partition coefficient (Wildman–Crippen LogP) is 1.69. The quantitative estimate of drug-likeness (QED) is 0.724. The number of carbonyl (C=O) groups excluding carboxylic acids is 3. The third-order valence-electron chi connectivity index (χ3n) is 7.42. The van der Waals surface area contributed by atoms with Gasteiger partial charge in [-0.05, 0) is 56.2 Å². The Balaban J connectivity index is 1.30. The van der Waals surface area contributed by atoms with Crippen molar-refractivity contribution in [3.63, 3.8) is 0 Å². The predicted molar refractivity (Wildman–Crippen MR) is 118 cm³/mol. The Bertz CT molecular complexity index is 900. The number of imide groups is 1. The number of benzene rings is 1. The number of piperidine rings is 1. The van der Waals surface area contributed by atoms with E-state index in [-0.39, 0.29) is 30.4 Å². The number of amides is 4. The van der Waals surface area contributed by atoms with Crippen LogP contribution in [0.15, 0.2) is 24.3 Å². The number of carbonyl (C=O) groups is 3. The highest BCUT2D eigenvalue weighted by Gasteiger charge is 2.53. The van der Waals surface area contributed by atoms with Gasteiger partial charge in [0.2, 0.25) is 5.91 Å². The molecule has 1 aromatic carbocycles. The van der Waals surface area contributed by atoms with Gasteiger partial charge in [-0.25, -0.2) is 9.69 Å². The molecule has 32 heavy (non-hydrogen) atoms. The lowest BCUT2D eigenvalue weighted by Crippen LogP contribution is -2.51. The van der Waals surface area contributed by atoms with Crippen molar-refractivity contribution < 1.29 is 19.1 Å². The third kappa shape index (κ3) is 3.79. The van der Waals surface area contributed by atoms with Gasteiger partial charge in [-0.3, -0.25) is 14.5 Å². The number of nitrogens with one attached hydrogen (secondary N) is 1. The molecule has 0 radical (unpaired) electrons. The van der Waals surface area contributed by atoms with Crippen LogP contribution in [-0.4, -0.2) is 78.6 Å². The molecular formula is C24H32N4O4.